The van der Waals surface area contributed by atoms with Crippen molar-refractivity contribution in [2.75, 3.05) is 25.1 Å². The van der Waals surface area contributed by atoms with E-state index in [2.05, 4.69) is 46.8 Å². The van der Waals surface area contributed by atoms with Crippen molar-refractivity contribution in [3.8, 4) is 0 Å². The highest BCUT2D eigenvalue weighted by atomic mass is 32.2. The Labute approximate surface area is 133 Å². The van der Waals surface area contributed by atoms with Crippen LogP contribution in [0.1, 0.15) is 31.2 Å². The molecule has 2 atom stereocenters. The van der Waals surface area contributed by atoms with Crippen molar-refractivity contribution < 1.29 is 8.42 Å². The van der Waals surface area contributed by atoms with E-state index in [-0.39, 0.29) is 17.5 Å². The monoisotopic (exact) mass is 323 g/mol. The van der Waals surface area contributed by atoms with Crippen molar-refractivity contribution >= 4 is 15.8 Å². The first-order valence-electron chi connectivity index (χ1n) is 7.73. The first kappa shape index (κ1) is 16.8. The number of nitrogens with one attached hydrogen (secondary N) is 2. The highest BCUT2D eigenvalue weighted by Crippen LogP contribution is 2.17. The molecule has 2 unspecified atom stereocenters. The second-order valence-electron chi connectivity index (χ2n) is 5.84. The van der Waals surface area contributed by atoms with E-state index in [9.17, 15) is 8.42 Å². The number of aliphatic imine (C=N–C) groups is 1. The van der Waals surface area contributed by atoms with E-state index >= 15 is 0 Å². The van der Waals surface area contributed by atoms with Crippen LogP contribution in [-0.4, -0.2) is 45.5 Å². The molecule has 0 saturated carbocycles. The summed E-state index contributed by atoms with van der Waals surface area (Å²) in [6.07, 6.45) is 1.65. The van der Waals surface area contributed by atoms with Crippen LogP contribution in [0.3, 0.4) is 0 Å². The fourth-order valence-electron chi connectivity index (χ4n) is 2.65. The molecule has 0 bridgehead atoms. The first-order valence-corrected chi connectivity index (χ1v) is 9.55. The Hall–Kier alpha value is -1.56. The lowest BCUT2D eigenvalue weighted by Gasteiger charge is -2.17. The van der Waals surface area contributed by atoms with Gasteiger partial charge in [-0.25, -0.2) is 8.42 Å². The van der Waals surface area contributed by atoms with Crippen LogP contribution >= 0.6 is 0 Å². The number of hydrogen-bond acceptors (Lipinski definition) is 3. The van der Waals surface area contributed by atoms with Gasteiger partial charge in [0.2, 0.25) is 0 Å². The van der Waals surface area contributed by atoms with Gasteiger partial charge in [-0.3, -0.25) is 4.99 Å². The van der Waals surface area contributed by atoms with E-state index in [0.717, 1.165) is 13.0 Å². The highest BCUT2D eigenvalue weighted by molar-refractivity contribution is 7.91. The molecule has 0 amide bonds. The molecule has 1 aromatic carbocycles. The second-order valence-corrected chi connectivity index (χ2v) is 8.07. The topological polar surface area (TPSA) is 70.6 Å². The van der Waals surface area contributed by atoms with Gasteiger partial charge in [-0.05, 0) is 24.3 Å². The molecule has 22 heavy (non-hydrogen) atoms. The predicted octanol–water partition coefficient (Wildman–Crippen LogP) is 1.53. The first-order chi connectivity index (χ1) is 10.5. The summed E-state index contributed by atoms with van der Waals surface area (Å²) >= 11 is 0. The number of benzene rings is 1. The Bertz CT molecular complexity index is 599. The van der Waals surface area contributed by atoms with E-state index < -0.39 is 9.84 Å². The Kier molecular flexibility index (Phi) is 5.83. The smallest absolute Gasteiger partial charge is 0.191 e. The fourth-order valence-corrected chi connectivity index (χ4v) is 4.33. The summed E-state index contributed by atoms with van der Waals surface area (Å²) in [6, 6.07) is 10.4. The highest BCUT2D eigenvalue weighted by Gasteiger charge is 2.28. The predicted molar refractivity (Wildman–Crippen MR) is 91.0 cm³/mol. The van der Waals surface area contributed by atoms with Crippen LogP contribution in [0.25, 0.3) is 0 Å². The maximum absolute atomic E-state index is 11.5. The van der Waals surface area contributed by atoms with Crippen LogP contribution in [0, 0.1) is 0 Å². The van der Waals surface area contributed by atoms with Crippen molar-refractivity contribution in [3.63, 3.8) is 0 Å². The van der Waals surface area contributed by atoms with Gasteiger partial charge in [-0.1, -0.05) is 37.3 Å². The maximum atomic E-state index is 11.5. The fraction of sp³-hybridized carbons (Fsp3) is 0.562. The molecular weight excluding hydrogens is 298 g/mol. The van der Waals surface area contributed by atoms with Gasteiger partial charge in [0.25, 0.3) is 0 Å². The van der Waals surface area contributed by atoms with Crippen LogP contribution in [0.2, 0.25) is 0 Å². The molecule has 0 radical (unpaired) electrons. The quantitative estimate of drug-likeness (QED) is 0.637. The normalized spacial score (nSPS) is 22.3. The Balaban J connectivity index is 1.75. The minimum absolute atomic E-state index is 0.0252. The van der Waals surface area contributed by atoms with Crippen molar-refractivity contribution in [2.24, 2.45) is 4.99 Å². The van der Waals surface area contributed by atoms with E-state index in [4.69, 9.17) is 0 Å². The number of sulfone groups is 1. The number of hydrogen-bond donors (Lipinski definition) is 2. The van der Waals surface area contributed by atoms with Crippen LogP contribution < -0.4 is 10.6 Å². The average Bonchev–Trinajstić information content (AvgIpc) is 2.85. The lowest BCUT2D eigenvalue weighted by Crippen LogP contribution is -2.44. The Morgan fingerprint density at radius 3 is 2.68 bits per heavy atom. The molecule has 0 spiro atoms. The molecule has 1 aromatic rings. The minimum Gasteiger partial charge on any atom is -0.356 e. The Morgan fingerprint density at radius 2 is 2.09 bits per heavy atom. The van der Waals surface area contributed by atoms with Crippen LogP contribution in [-0.2, 0) is 9.84 Å². The molecule has 1 heterocycles. The van der Waals surface area contributed by atoms with Gasteiger partial charge < -0.3 is 10.6 Å². The molecule has 2 N–H and O–H groups in total. The van der Waals surface area contributed by atoms with Gasteiger partial charge >= 0.3 is 0 Å². The van der Waals surface area contributed by atoms with Gasteiger partial charge in [-0.15, -0.1) is 0 Å². The minimum atomic E-state index is -2.86. The molecule has 1 aliphatic heterocycles. The number of rotatable bonds is 5. The molecule has 6 heteroatoms. The van der Waals surface area contributed by atoms with Crippen LogP contribution in [0.4, 0.5) is 0 Å². The van der Waals surface area contributed by atoms with E-state index in [0.29, 0.717) is 18.3 Å². The molecule has 2 rings (SSSR count). The summed E-state index contributed by atoms with van der Waals surface area (Å²) in [5.41, 5.74) is 1.33. The van der Waals surface area contributed by atoms with Gasteiger partial charge in [0.1, 0.15) is 0 Å². The Morgan fingerprint density at radius 1 is 1.36 bits per heavy atom. The molecule has 122 valence electrons. The van der Waals surface area contributed by atoms with Gasteiger partial charge in [-0.2, -0.15) is 0 Å². The van der Waals surface area contributed by atoms with Crippen molar-refractivity contribution in [1.29, 1.82) is 0 Å². The number of nitrogens with zero attached hydrogens (tertiary/aromatic N) is 1. The summed E-state index contributed by atoms with van der Waals surface area (Å²) in [7, 11) is -1.16. The molecule has 1 fully saturated rings. The van der Waals surface area contributed by atoms with Gasteiger partial charge in [0.05, 0.1) is 11.5 Å². The summed E-state index contributed by atoms with van der Waals surface area (Å²) in [5, 5.41) is 6.46. The maximum Gasteiger partial charge on any atom is 0.191 e. The standard InChI is InChI=1S/C16H25N3O2S/c1-13(14-6-4-3-5-7-14)8-10-18-16(17-2)19-15-9-11-22(20,21)12-15/h3-7,13,15H,8-12H2,1-2H3,(H2,17,18,19). The summed E-state index contributed by atoms with van der Waals surface area (Å²) in [5.74, 6) is 1.63. The largest absolute Gasteiger partial charge is 0.356 e. The van der Waals surface area contributed by atoms with Gasteiger partial charge in [0.15, 0.2) is 15.8 Å². The third kappa shape index (κ3) is 5.02. The summed E-state index contributed by atoms with van der Waals surface area (Å²) in [4.78, 5) is 4.17. The van der Waals surface area contributed by atoms with E-state index in [1.54, 1.807) is 7.05 Å². The second kappa shape index (κ2) is 7.63. The SMILES string of the molecule is CN=C(NCCC(C)c1ccccc1)NC1CCS(=O)(=O)C1. The lowest BCUT2D eigenvalue weighted by molar-refractivity contribution is 0.599. The van der Waals surface area contributed by atoms with Crippen LogP contribution in [0.15, 0.2) is 35.3 Å². The van der Waals surface area contributed by atoms with Crippen molar-refractivity contribution in [3.05, 3.63) is 35.9 Å². The summed E-state index contributed by atoms with van der Waals surface area (Å²) in [6.45, 7) is 3.01. The average molecular weight is 323 g/mol. The molecular formula is C16H25N3O2S. The molecule has 0 aromatic heterocycles. The van der Waals surface area contributed by atoms with Crippen LogP contribution in [0.5, 0.6) is 0 Å². The van der Waals surface area contributed by atoms with Crippen molar-refractivity contribution in [2.45, 2.75) is 31.7 Å². The van der Waals surface area contributed by atoms with Gasteiger partial charge in [0, 0.05) is 19.6 Å². The molecule has 1 saturated heterocycles. The van der Waals surface area contributed by atoms with Crippen molar-refractivity contribution in [1.82, 2.24) is 10.6 Å². The lowest BCUT2D eigenvalue weighted by atomic mass is 9.98. The third-order valence-corrected chi connectivity index (χ3v) is 5.80. The zero-order valence-corrected chi connectivity index (χ0v) is 14.1. The molecule has 1 aliphatic rings. The zero-order valence-electron chi connectivity index (χ0n) is 13.2. The van der Waals surface area contributed by atoms with E-state index in [1.165, 1.54) is 5.56 Å². The molecule has 5 nitrogen and oxygen atoms in total. The zero-order chi connectivity index (χ0) is 16.0. The molecule has 0 aliphatic carbocycles. The van der Waals surface area contributed by atoms with E-state index in [1.807, 2.05) is 6.07 Å². The third-order valence-electron chi connectivity index (χ3n) is 4.04. The summed E-state index contributed by atoms with van der Waals surface area (Å²) < 4.78 is 22.9. The number of guanidine groups is 1.